The molecule has 3 heterocycles. The molecule has 0 fully saturated rings. The first-order valence-corrected chi connectivity index (χ1v) is 19.8. The lowest BCUT2D eigenvalue weighted by molar-refractivity contribution is 1.17. The normalized spacial score (nSPS) is 11.6. The molecule has 0 atom stereocenters. The van der Waals surface area contributed by atoms with Gasteiger partial charge in [0, 0.05) is 44.0 Å². The van der Waals surface area contributed by atoms with Crippen LogP contribution in [0.1, 0.15) is 11.1 Å². The summed E-state index contributed by atoms with van der Waals surface area (Å²) >= 11 is 0. The Kier molecular flexibility index (Phi) is 7.90. The maximum atomic E-state index is 4.83. The molecule has 0 aliphatic heterocycles. The summed E-state index contributed by atoms with van der Waals surface area (Å²) in [4.78, 5) is 9.64. The van der Waals surface area contributed by atoms with Crippen LogP contribution in [0.2, 0.25) is 0 Å². The van der Waals surface area contributed by atoms with Crippen LogP contribution < -0.4 is 0 Å². The molecule has 0 N–H and O–H groups in total. The lowest BCUT2D eigenvalue weighted by Crippen LogP contribution is -1.96. The predicted octanol–water partition coefficient (Wildman–Crippen LogP) is 14.0. The van der Waals surface area contributed by atoms with Gasteiger partial charge in [-0.15, -0.1) is 0 Å². The zero-order chi connectivity index (χ0) is 38.7. The molecule has 4 heteroatoms. The van der Waals surface area contributed by atoms with Gasteiger partial charge in [-0.3, -0.25) is 0 Å². The lowest BCUT2D eigenvalue weighted by atomic mass is 9.93. The molecule has 0 aliphatic rings. The van der Waals surface area contributed by atoms with Crippen LogP contribution in [0, 0.1) is 13.8 Å². The van der Waals surface area contributed by atoms with E-state index in [4.69, 9.17) is 9.97 Å². The molecule has 4 nitrogen and oxygen atoms in total. The third-order valence-electron chi connectivity index (χ3n) is 11.8. The molecule has 0 bridgehead atoms. The molecule has 0 amide bonds. The van der Waals surface area contributed by atoms with Crippen molar-refractivity contribution in [2.75, 3.05) is 0 Å². The average Bonchev–Trinajstić information content (AvgIpc) is 3.80. The zero-order valence-corrected chi connectivity index (χ0v) is 32.3. The van der Waals surface area contributed by atoms with Crippen LogP contribution in [0.4, 0.5) is 0 Å². The second kappa shape index (κ2) is 13.6. The van der Waals surface area contributed by atoms with Gasteiger partial charge < -0.3 is 9.13 Å². The van der Waals surface area contributed by atoms with Crippen LogP contribution in [-0.2, 0) is 0 Å². The number of hydrogen-bond donors (Lipinski definition) is 0. The van der Waals surface area contributed by atoms with Gasteiger partial charge in [-0.05, 0) is 108 Å². The molecule has 0 aliphatic carbocycles. The Morgan fingerprint density at radius 1 is 0.345 bits per heavy atom. The number of hydrogen-bond acceptors (Lipinski definition) is 2. The number of para-hydroxylation sites is 4. The van der Waals surface area contributed by atoms with Gasteiger partial charge in [0.25, 0.3) is 0 Å². The van der Waals surface area contributed by atoms with Crippen LogP contribution in [0.25, 0.3) is 99.8 Å². The van der Waals surface area contributed by atoms with Crippen molar-refractivity contribution in [2.24, 2.45) is 0 Å². The van der Waals surface area contributed by atoms with Gasteiger partial charge in [-0.1, -0.05) is 127 Å². The molecule has 0 radical (unpaired) electrons. The van der Waals surface area contributed by atoms with E-state index in [1.54, 1.807) is 6.33 Å². The van der Waals surface area contributed by atoms with Crippen molar-refractivity contribution in [3.05, 3.63) is 206 Å². The second-order valence-electron chi connectivity index (χ2n) is 15.1. The van der Waals surface area contributed by atoms with Crippen LogP contribution in [-0.4, -0.2) is 19.1 Å². The Bertz CT molecular complexity index is 3280. The van der Waals surface area contributed by atoms with E-state index in [1.165, 1.54) is 77.0 Å². The highest BCUT2D eigenvalue weighted by atomic mass is 15.0. The average molecular weight is 743 g/mol. The Hall–Kier alpha value is -7.56. The highest BCUT2D eigenvalue weighted by molar-refractivity contribution is 6.10. The van der Waals surface area contributed by atoms with Crippen LogP contribution >= 0.6 is 0 Å². The number of fused-ring (bicyclic) bond motifs is 6. The Morgan fingerprint density at radius 3 is 1.36 bits per heavy atom. The fourth-order valence-electron chi connectivity index (χ4n) is 9.01. The minimum atomic E-state index is 0.892. The molecular weight excluding hydrogens is 705 g/mol. The molecule has 0 saturated carbocycles. The Labute approximate surface area is 337 Å². The lowest BCUT2D eigenvalue weighted by Gasteiger charge is -2.15. The maximum absolute atomic E-state index is 4.83. The van der Waals surface area contributed by atoms with Gasteiger partial charge in [0.2, 0.25) is 0 Å². The van der Waals surface area contributed by atoms with Crippen molar-refractivity contribution >= 4 is 43.6 Å². The van der Waals surface area contributed by atoms with Gasteiger partial charge in [0.1, 0.15) is 6.33 Å². The first-order chi connectivity index (χ1) is 28.6. The fourth-order valence-corrected chi connectivity index (χ4v) is 9.01. The first kappa shape index (κ1) is 33.8. The quantitative estimate of drug-likeness (QED) is 0.170. The van der Waals surface area contributed by atoms with Crippen molar-refractivity contribution in [2.45, 2.75) is 13.8 Å². The summed E-state index contributed by atoms with van der Waals surface area (Å²) in [6.45, 7) is 4.39. The molecular formula is C54H38N4. The fraction of sp³-hybridized carbons (Fsp3) is 0.0370. The van der Waals surface area contributed by atoms with E-state index >= 15 is 0 Å². The van der Waals surface area contributed by atoms with Crippen molar-refractivity contribution in [3.63, 3.8) is 0 Å². The minimum absolute atomic E-state index is 0.892. The number of aryl methyl sites for hydroxylation is 1. The molecule has 0 saturated heterocycles. The number of nitrogens with zero attached hydrogens (tertiary/aromatic N) is 4. The minimum Gasteiger partial charge on any atom is -0.309 e. The van der Waals surface area contributed by atoms with Crippen molar-refractivity contribution in [3.8, 4) is 56.1 Å². The van der Waals surface area contributed by atoms with Gasteiger partial charge in [0.05, 0.1) is 33.5 Å². The van der Waals surface area contributed by atoms with E-state index in [2.05, 4.69) is 211 Å². The third-order valence-corrected chi connectivity index (χ3v) is 11.8. The maximum Gasteiger partial charge on any atom is 0.116 e. The summed E-state index contributed by atoms with van der Waals surface area (Å²) in [5.41, 5.74) is 18.1. The highest BCUT2D eigenvalue weighted by Gasteiger charge is 2.16. The van der Waals surface area contributed by atoms with Crippen LogP contribution in [0.3, 0.4) is 0 Å². The molecule has 0 unspecified atom stereocenters. The van der Waals surface area contributed by atoms with Crippen LogP contribution in [0.5, 0.6) is 0 Å². The van der Waals surface area contributed by atoms with E-state index in [1.807, 2.05) is 0 Å². The summed E-state index contributed by atoms with van der Waals surface area (Å²) < 4.78 is 4.75. The van der Waals surface area contributed by atoms with E-state index in [9.17, 15) is 0 Å². The summed E-state index contributed by atoms with van der Waals surface area (Å²) in [7, 11) is 0. The Morgan fingerprint density at radius 2 is 0.810 bits per heavy atom. The SMILES string of the molecule is Cc1ccc(-c2cc(-c3cccc(-c4cccc(-n5c6ccccc6c6ccccc65)c4)c3C)ncn2)cc1-c1cccc(-n2c3ccccc3c3ccccc32)c1. The number of benzene rings is 8. The molecule has 0 spiro atoms. The number of aromatic nitrogens is 4. The molecule has 3 aromatic heterocycles. The third kappa shape index (κ3) is 5.45. The summed E-state index contributed by atoms with van der Waals surface area (Å²) in [6.07, 6.45) is 1.70. The van der Waals surface area contributed by atoms with Gasteiger partial charge in [0.15, 0.2) is 0 Å². The van der Waals surface area contributed by atoms with Crippen molar-refractivity contribution in [1.82, 2.24) is 19.1 Å². The summed E-state index contributed by atoms with van der Waals surface area (Å²) in [5.74, 6) is 0. The van der Waals surface area contributed by atoms with Gasteiger partial charge in [-0.2, -0.15) is 0 Å². The van der Waals surface area contributed by atoms with Gasteiger partial charge >= 0.3 is 0 Å². The smallest absolute Gasteiger partial charge is 0.116 e. The van der Waals surface area contributed by atoms with E-state index in [0.717, 1.165) is 33.9 Å². The molecule has 274 valence electrons. The second-order valence-corrected chi connectivity index (χ2v) is 15.1. The van der Waals surface area contributed by atoms with E-state index < -0.39 is 0 Å². The summed E-state index contributed by atoms with van der Waals surface area (Å²) in [5, 5.41) is 5.04. The molecule has 58 heavy (non-hydrogen) atoms. The van der Waals surface area contributed by atoms with Crippen molar-refractivity contribution in [1.29, 1.82) is 0 Å². The number of rotatable bonds is 6. The summed E-state index contributed by atoms with van der Waals surface area (Å²) in [6, 6.07) is 67.7. The van der Waals surface area contributed by atoms with E-state index in [0.29, 0.717) is 0 Å². The predicted molar refractivity (Wildman–Crippen MR) is 242 cm³/mol. The molecule has 11 rings (SSSR count). The molecule has 8 aromatic carbocycles. The van der Waals surface area contributed by atoms with Crippen LogP contribution in [0.15, 0.2) is 194 Å². The zero-order valence-electron chi connectivity index (χ0n) is 32.3. The van der Waals surface area contributed by atoms with E-state index in [-0.39, 0.29) is 0 Å². The standard InChI is InChI=1S/C54H38N4/c1-35-28-29-39(32-48(35)38-15-12-17-41(31-38)58-53-26-9-5-20-46(53)47-21-6-10-27-54(47)58)49-33-50(56-34-55-49)43-23-13-22-42(36(43)2)37-14-11-16-40(30-37)57-51-24-7-3-18-44(51)45-19-4-8-25-52(45)57/h3-34H,1-2H3. The van der Waals surface area contributed by atoms with Gasteiger partial charge in [-0.25, -0.2) is 9.97 Å². The largest absolute Gasteiger partial charge is 0.309 e. The topological polar surface area (TPSA) is 35.6 Å². The van der Waals surface area contributed by atoms with Crippen molar-refractivity contribution < 1.29 is 0 Å². The Balaban J connectivity index is 0.957. The molecule has 11 aromatic rings. The monoisotopic (exact) mass is 742 g/mol. The highest BCUT2D eigenvalue weighted by Crippen LogP contribution is 2.38. The first-order valence-electron chi connectivity index (χ1n) is 19.8.